The van der Waals surface area contributed by atoms with E-state index in [0.29, 0.717) is 25.1 Å². The molecule has 5 nitrogen and oxygen atoms in total. The van der Waals surface area contributed by atoms with Crippen molar-refractivity contribution < 1.29 is 9.53 Å². The van der Waals surface area contributed by atoms with E-state index in [1.807, 2.05) is 24.7 Å². The number of aromatic nitrogens is 2. The number of rotatable bonds is 5. The Labute approximate surface area is 179 Å². The van der Waals surface area contributed by atoms with Crippen molar-refractivity contribution in [1.29, 1.82) is 0 Å². The first-order chi connectivity index (χ1) is 14.6. The summed E-state index contributed by atoms with van der Waals surface area (Å²) in [6.07, 6.45) is 5.53. The van der Waals surface area contributed by atoms with Gasteiger partial charge in [0.25, 0.3) is 0 Å². The zero-order valence-electron chi connectivity index (χ0n) is 18.6. The molecule has 2 aromatic carbocycles. The van der Waals surface area contributed by atoms with E-state index >= 15 is 0 Å². The van der Waals surface area contributed by atoms with E-state index in [1.165, 1.54) is 23.1 Å². The molecule has 3 aromatic rings. The fourth-order valence-electron chi connectivity index (χ4n) is 3.27. The third-order valence-corrected chi connectivity index (χ3v) is 4.75. The van der Waals surface area contributed by atoms with Crippen LogP contribution in [0, 0.1) is 13.8 Å². The van der Waals surface area contributed by atoms with Gasteiger partial charge >= 0.3 is 0 Å². The molecule has 0 radical (unpaired) electrons. The Hall–Kier alpha value is -3.08. The highest BCUT2D eigenvalue weighted by Gasteiger charge is 2.08. The second-order valence-corrected chi connectivity index (χ2v) is 7.11. The molecule has 0 saturated carbocycles. The lowest BCUT2D eigenvalue weighted by Crippen LogP contribution is -2.11. The molecule has 30 heavy (non-hydrogen) atoms. The lowest BCUT2D eigenvalue weighted by atomic mass is 10.0. The molecule has 4 rings (SSSR count). The summed E-state index contributed by atoms with van der Waals surface area (Å²) in [6.45, 7) is 13.5. The maximum Gasteiger partial charge on any atom is 0.211 e. The van der Waals surface area contributed by atoms with Gasteiger partial charge in [-0.05, 0) is 50.5 Å². The molecule has 1 aliphatic heterocycles. The maximum atomic E-state index is 10.2. The van der Waals surface area contributed by atoms with E-state index in [1.54, 1.807) is 0 Å². The van der Waals surface area contributed by atoms with Crippen LogP contribution in [0.2, 0.25) is 0 Å². The van der Waals surface area contributed by atoms with Gasteiger partial charge in [-0.1, -0.05) is 49.8 Å². The first kappa shape index (κ1) is 23.2. The van der Waals surface area contributed by atoms with Crippen molar-refractivity contribution in [2.75, 3.05) is 6.61 Å². The van der Waals surface area contributed by atoms with Gasteiger partial charge in [-0.25, -0.2) is 0 Å². The number of amides is 1. The van der Waals surface area contributed by atoms with Crippen LogP contribution in [0.1, 0.15) is 43.4 Å². The fraction of sp³-hybridized carbons (Fsp3) is 0.360. The fourth-order valence-corrected chi connectivity index (χ4v) is 3.27. The molecule has 1 amide bonds. The average molecular weight is 408 g/mol. The van der Waals surface area contributed by atoms with Crippen LogP contribution in [0.5, 0.6) is 5.75 Å². The van der Waals surface area contributed by atoms with Crippen molar-refractivity contribution >= 4 is 17.3 Å². The first-order valence-corrected chi connectivity index (χ1v) is 10.6. The number of aryl methyl sites for hydroxylation is 4. The smallest absolute Gasteiger partial charge is 0.211 e. The molecule has 5 heteroatoms. The number of hydrogen-bond acceptors (Lipinski definition) is 3. The molecule has 1 aliphatic rings. The van der Waals surface area contributed by atoms with Gasteiger partial charge in [-0.15, -0.1) is 0 Å². The molecule has 0 saturated heterocycles. The average Bonchev–Trinajstić information content (AvgIpc) is 3.16. The molecule has 1 aromatic heterocycles. The Bertz CT molecular complexity index is 976. The van der Waals surface area contributed by atoms with Gasteiger partial charge in [0, 0.05) is 24.0 Å². The van der Waals surface area contributed by atoms with E-state index in [-0.39, 0.29) is 0 Å². The number of hydrogen-bond donors (Lipinski definition) is 1. The zero-order valence-corrected chi connectivity index (χ0v) is 18.6. The number of ether oxygens (including phenoxy) is 1. The SMILES string of the molecule is C=C(CCn1ncc2cc(C)ccc21)NC=O.CC.Cc1ccc2c(c1)CCCO2. The molecule has 0 fully saturated rings. The van der Waals surface area contributed by atoms with Gasteiger partial charge in [-0.2, -0.15) is 5.10 Å². The summed E-state index contributed by atoms with van der Waals surface area (Å²) < 4.78 is 7.40. The normalized spacial score (nSPS) is 11.7. The predicted octanol–water partition coefficient (Wildman–Crippen LogP) is 5.34. The van der Waals surface area contributed by atoms with E-state index in [2.05, 4.69) is 67.2 Å². The minimum atomic E-state index is 0.646. The zero-order chi connectivity index (χ0) is 21.9. The molecule has 1 N–H and O–H groups in total. The lowest BCUT2D eigenvalue weighted by molar-refractivity contribution is -0.109. The minimum absolute atomic E-state index is 0.646. The summed E-state index contributed by atoms with van der Waals surface area (Å²) in [7, 11) is 0. The van der Waals surface area contributed by atoms with E-state index < -0.39 is 0 Å². The highest BCUT2D eigenvalue weighted by Crippen LogP contribution is 2.24. The molecule has 0 spiro atoms. The third-order valence-electron chi connectivity index (χ3n) is 4.75. The van der Waals surface area contributed by atoms with Crippen LogP contribution in [-0.2, 0) is 17.8 Å². The van der Waals surface area contributed by atoms with E-state index in [0.717, 1.165) is 29.7 Å². The summed E-state index contributed by atoms with van der Waals surface area (Å²) in [4.78, 5) is 10.2. The first-order valence-electron chi connectivity index (χ1n) is 10.6. The van der Waals surface area contributed by atoms with Gasteiger partial charge < -0.3 is 10.1 Å². The summed E-state index contributed by atoms with van der Waals surface area (Å²) in [5.41, 5.74) is 5.74. The molecular weight excluding hydrogens is 374 g/mol. The molecule has 0 unspecified atom stereocenters. The maximum absolute atomic E-state index is 10.2. The van der Waals surface area contributed by atoms with Crippen LogP contribution in [0.4, 0.5) is 0 Å². The highest BCUT2D eigenvalue weighted by atomic mass is 16.5. The quantitative estimate of drug-likeness (QED) is 0.581. The van der Waals surface area contributed by atoms with E-state index in [9.17, 15) is 4.79 Å². The summed E-state index contributed by atoms with van der Waals surface area (Å²) in [5.74, 6) is 1.09. The number of carbonyl (C=O) groups excluding carboxylic acids is 1. The highest BCUT2D eigenvalue weighted by molar-refractivity contribution is 5.79. The Kier molecular flexibility index (Phi) is 9.13. The standard InChI is InChI=1S/C13H15N3O.C10H12O.C2H6/c1-10-3-4-13-12(7-10)8-15-16(13)6-5-11(2)14-9-17;1-8-4-5-10-9(7-8)3-2-6-11-10;1-2/h3-4,7-9H,2,5-6H2,1H3,(H,14,17);4-5,7H,2-3,6H2,1H3;1-2H3. The van der Waals surface area contributed by atoms with Crippen LogP contribution in [0.15, 0.2) is 54.9 Å². The van der Waals surface area contributed by atoms with Crippen molar-refractivity contribution in [1.82, 2.24) is 15.1 Å². The Morgan fingerprint density at radius 3 is 2.70 bits per heavy atom. The van der Waals surface area contributed by atoms with Crippen LogP contribution < -0.4 is 10.1 Å². The number of carbonyl (C=O) groups is 1. The summed E-state index contributed by atoms with van der Waals surface area (Å²) in [5, 5.41) is 8.01. The Balaban J connectivity index is 0.000000212. The van der Waals surface area contributed by atoms with Crippen LogP contribution in [0.25, 0.3) is 10.9 Å². The van der Waals surface area contributed by atoms with Crippen LogP contribution in [-0.4, -0.2) is 22.8 Å². The molecular formula is C25H33N3O2. The summed E-state index contributed by atoms with van der Waals surface area (Å²) in [6, 6.07) is 12.6. The van der Waals surface area contributed by atoms with Crippen molar-refractivity contribution in [2.45, 2.75) is 53.5 Å². The van der Waals surface area contributed by atoms with Crippen LogP contribution >= 0.6 is 0 Å². The van der Waals surface area contributed by atoms with Crippen LogP contribution in [0.3, 0.4) is 0 Å². The lowest BCUT2D eigenvalue weighted by Gasteiger charge is -2.16. The number of nitrogens with zero attached hydrogens (tertiary/aromatic N) is 2. The third kappa shape index (κ3) is 6.48. The van der Waals surface area contributed by atoms with Crippen molar-refractivity contribution in [2.24, 2.45) is 0 Å². The van der Waals surface area contributed by atoms with E-state index in [4.69, 9.17) is 4.74 Å². The number of allylic oxidation sites excluding steroid dienone is 1. The topological polar surface area (TPSA) is 56.2 Å². The van der Waals surface area contributed by atoms with Gasteiger partial charge in [-0.3, -0.25) is 9.48 Å². The molecule has 160 valence electrons. The van der Waals surface area contributed by atoms with Gasteiger partial charge in [0.05, 0.1) is 18.3 Å². The second kappa shape index (κ2) is 11.8. The predicted molar refractivity (Wildman–Crippen MR) is 124 cm³/mol. The second-order valence-electron chi connectivity index (χ2n) is 7.11. The number of nitrogens with one attached hydrogen (secondary N) is 1. The van der Waals surface area contributed by atoms with Gasteiger partial charge in [0.1, 0.15) is 5.75 Å². The summed E-state index contributed by atoms with van der Waals surface area (Å²) >= 11 is 0. The minimum Gasteiger partial charge on any atom is -0.493 e. The van der Waals surface area contributed by atoms with Gasteiger partial charge in [0.2, 0.25) is 6.41 Å². The molecule has 2 heterocycles. The number of fused-ring (bicyclic) bond motifs is 2. The molecule has 0 aliphatic carbocycles. The van der Waals surface area contributed by atoms with Crippen molar-refractivity contribution in [3.8, 4) is 5.75 Å². The monoisotopic (exact) mass is 407 g/mol. The van der Waals surface area contributed by atoms with Gasteiger partial charge in [0.15, 0.2) is 0 Å². The molecule has 0 atom stereocenters. The largest absolute Gasteiger partial charge is 0.493 e. The molecule has 0 bridgehead atoms. The Morgan fingerprint density at radius 1 is 1.20 bits per heavy atom. The number of benzene rings is 2. The van der Waals surface area contributed by atoms with Crippen molar-refractivity contribution in [3.63, 3.8) is 0 Å². The Morgan fingerprint density at radius 2 is 1.93 bits per heavy atom. The van der Waals surface area contributed by atoms with Crippen molar-refractivity contribution in [3.05, 3.63) is 71.6 Å².